The van der Waals surface area contributed by atoms with Crippen molar-refractivity contribution in [3.05, 3.63) is 53.1 Å². The van der Waals surface area contributed by atoms with Crippen LogP contribution in [-0.2, 0) is 38.0 Å². The highest BCUT2D eigenvalue weighted by molar-refractivity contribution is 7.92. The molecule has 1 amide bonds. The van der Waals surface area contributed by atoms with Crippen molar-refractivity contribution in [1.82, 2.24) is 4.72 Å². The van der Waals surface area contributed by atoms with Crippen LogP contribution in [0.15, 0.2) is 36.4 Å². The number of hydrogen-bond acceptors (Lipinski definition) is 7. The number of phenols is 1. The molecule has 1 aliphatic rings. The highest BCUT2D eigenvalue weighted by Crippen LogP contribution is 2.34. The summed E-state index contributed by atoms with van der Waals surface area (Å²) >= 11 is 0. The largest absolute Gasteiger partial charge is 0.506 e. The molecule has 1 saturated heterocycles. The Morgan fingerprint density at radius 2 is 1.90 bits per heavy atom. The number of carbonyl (C=O) groups excluding carboxylic acids is 1. The van der Waals surface area contributed by atoms with Crippen LogP contribution in [0, 0.1) is 0 Å². The Hall–Kier alpha value is -2.79. The van der Waals surface area contributed by atoms with Gasteiger partial charge in [0.2, 0.25) is 0 Å². The molecule has 0 saturated carbocycles. The van der Waals surface area contributed by atoms with Crippen LogP contribution in [0.2, 0.25) is 0 Å². The molecule has 9 nitrogen and oxygen atoms in total. The van der Waals surface area contributed by atoms with Crippen molar-refractivity contribution in [2.75, 3.05) is 17.1 Å². The van der Waals surface area contributed by atoms with E-state index in [1.54, 1.807) is 24.3 Å². The minimum Gasteiger partial charge on any atom is -0.506 e. The third-order valence-corrected chi connectivity index (χ3v) is 6.18. The van der Waals surface area contributed by atoms with E-state index in [0.29, 0.717) is 17.5 Å². The zero-order chi connectivity index (χ0) is 21.4. The lowest BCUT2D eigenvalue weighted by Crippen LogP contribution is -2.29. The normalized spacial score (nSPS) is 15.9. The molecule has 3 rings (SSSR count). The van der Waals surface area contributed by atoms with Crippen LogP contribution in [0.3, 0.4) is 0 Å². The average Bonchev–Trinajstić information content (AvgIpc) is 2.87. The van der Waals surface area contributed by atoms with Crippen LogP contribution in [0.5, 0.6) is 11.5 Å². The van der Waals surface area contributed by atoms with Gasteiger partial charge in [0.1, 0.15) is 18.0 Å². The molecule has 0 aromatic heterocycles. The number of rotatable bonds is 6. The van der Waals surface area contributed by atoms with Crippen molar-refractivity contribution in [2.45, 2.75) is 19.8 Å². The van der Waals surface area contributed by atoms with Gasteiger partial charge in [-0.05, 0) is 29.7 Å². The Morgan fingerprint density at radius 3 is 2.45 bits per heavy atom. The van der Waals surface area contributed by atoms with Gasteiger partial charge in [0.15, 0.2) is 0 Å². The molecule has 2 N–H and O–H groups in total. The standard InChI is InChI=1S/C18H20N2O7S2/c1-3-13-5-4-6-14(18(13)27-28(2,23)24)9-12-7-8-15(16(21)10-12)20-11-17(22)19-29(20,25)26/h4-8,10,21H,3,9,11H2,1-2H3,(H,19,22). The zero-order valence-corrected chi connectivity index (χ0v) is 17.4. The molecular weight excluding hydrogens is 420 g/mol. The maximum absolute atomic E-state index is 12.0. The summed E-state index contributed by atoms with van der Waals surface area (Å²) < 4.78 is 55.0. The molecular formula is C18H20N2O7S2. The molecule has 0 atom stereocenters. The van der Waals surface area contributed by atoms with Gasteiger partial charge in [0.25, 0.3) is 5.91 Å². The number of nitrogens with zero attached hydrogens (tertiary/aromatic N) is 1. The van der Waals surface area contributed by atoms with Gasteiger partial charge in [0.05, 0.1) is 11.9 Å². The first-order valence-corrected chi connectivity index (χ1v) is 11.9. The Morgan fingerprint density at radius 1 is 1.21 bits per heavy atom. The minimum absolute atomic E-state index is 0.0259. The first-order chi connectivity index (χ1) is 13.5. The Balaban J connectivity index is 1.95. The zero-order valence-electron chi connectivity index (χ0n) is 15.7. The second-order valence-electron chi connectivity index (χ2n) is 6.58. The predicted octanol–water partition coefficient (Wildman–Crippen LogP) is 1.06. The summed E-state index contributed by atoms with van der Waals surface area (Å²) in [6.07, 6.45) is 1.78. The lowest BCUT2D eigenvalue weighted by atomic mass is 10.00. The van der Waals surface area contributed by atoms with Crippen molar-refractivity contribution in [1.29, 1.82) is 0 Å². The predicted molar refractivity (Wildman–Crippen MR) is 107 cm³/mol. The molecule has 0 spiro atoms. The van der Waals surface area contributed by atoms with Crippen molar-refractivity contribution in [3.8, 4) is 11.5 Å². The van der Waals surface area contributed by atoms with Gasteiger partial charge in [0, 0.05) is 12.0 Å². The highest BCUT2D eigenvalue weighted by Gasteiger charge is 2.35. The van der Waals surface area contributed by atoms with E-state index in [0.717, 1.165) is 16.1 Å². The lowest BCUT2D eigenvalue weighted by Gasteiger charge is -2.17. The minimum atomic E-state index is -4.03. The summed E-state index contributed by atoms with van der Waals surface area (Å²) in [6.45, 7) is 1.46. The molecule has 2 aromatic carbocycles. The van der Waals surface area contributed by atoms with E-state index >= 15 is 0 Å². The Labute approximate surface area is 169 Å². The fraction of sp³-hybridized carbons (Fsp3) is 0.278. The van der Waals surface area contributed by atoms with Gasteiger partial charge >= 0.3 is 20.3 Å². The van der Waals surface area contributed by atoms with Crippen molar-refractivity contribution >= 4 is 31.9 Å². The summed E-state index contributed by atoms with van der Waals surface area (Å²) in [5.41, 5.74) is 1.91. The number of anilines is 1. The molecule has 1 heterocycles. The lowest BCUT2D eigenvalue weighted by molar-refractivity contribution is -0.117. The molecule has 2 aromatic rings. The van der Waals surface area contributed by atoms with Gasteiger partial charge in [-0.25, -0.2) is 9.03 Å². The number of aryl methyl sites for hydroxylation is 1. The van der Waals surface area contributed by atoms with Crippen LogP contribution in [0.1, 0.15) is 23.6 Å². The summed E-state index contributed by atoms with van der Waals surface area (Å²) in [6, 6.07) is 9.63. The molecule has 29 heavy (non-hydrogen) atoms. The van der Waals surface area contributed by atoms with Crippen molar-refractivity contribution < 1.29 is 30.9 Å². The number of benzene rings is 2. The SMILES string of the molecule is CCc1cccc(Cc2ccc(N3CC(=O)NS3(=O)=O)c(O)c2)c1OS(C)(=O)=O. The monoisotopic (exact) mass is 440 g/mol. The van der Waals surface area contributed by atoms with Gasteiger partial charge in [-0.1, -0.05) is 31.2 Å². The molecule has 11 heteroatoms. The highest BCUT2D eigenvalue weighted by atomic mass is 32.2. The maximum atomic E-state index is 12.0. The van der Waals surface area contributed by atoms with Crippen LogP contribution in [-0.4, -0.2) is 40.6 Å². The molecule has 156 valence electrons. The molecule has 0 unspecified atom stereocenters. The van der Waals surface area contributed by atoms with Crippen LogP contribution in [0.25, 0.3) is 0 Å². The van der Waals surface area contributed by atoms with E-state index in [2.05, 4.69) is 0 Å². The quantitative estimate of drug-likeness (QED) is 0.643. The first-order valence-electron chi connectivity index (χ1n) is 8.65. The van der Waals surface area contributed by atoms with E-state index in [9.17, 15) is 26.7 Å². The van der Waals surface area contributed by atoms with E-state index in [4.69, 9.17) is 4.18 Å². The molecule has 1 aliphatic heterocycles. The van der Waals surface area contributed by atoms with Gasteiger partial charge < -0.3 is 9.29 Å². The van der Waals surface area contributed by atoms with Gasteiger partial charge in [-0.2, -0.15) is 16.8 Å². The van der Waals surface area contributed by atoms with Crippen LogP contribution >= 0.6 is 0 Å². The number of para-hydroxylation sites is 1. The van der Waals surface area contributed by atoms with Crippen molar-refractivity contribution in [3.63, 3.8) is 0 Å². The number of nitrogens with one attached hydrogen (secondary N) is 1. The van der Waals surface area contributed by atoms with E-state index < -0.39 is 32.8 Å². The molecule has 0 radical (unpaired) electrons. The second kappa shape index (κ2) is 7.56. The summed E-state index contributed by atoms with van der Waals surface area (Å²) in [5, 5.41) is 10.3. The van der Waals surface area contributed by atoms with Gasteiger partial charge in [-0.15, -0.1) is 0 Å². The van der Waals surface area contributed by atoms with Crippen molar-refractivity contribution in [2.24, 2.45) is 0 Å². The molecule has 0 aliphatic carbocycles. The fourth-order valence-electron chi connectivity index (χ4n) is 3.09. The van der Waals surface area contributed by atoms with Gasteiger partial charge in [-0.3, -0.25) is 4.79 Å². The van der Waals surface area contributed by atoms with E-state index in [-0.39, 0.29) is 23.6 Å². The summed E-state index contributed by atoms with van der Waals surface area (Å²) in [4.78, 5) is 11.4. The number of aromatic hydroxyl groups is 1. The van der Waals surface area contributed by atoms with Crippen LogP contribution < -0.4 is 13.2 Å². The molecule has 0 bridgehead atoms. The van der Waals surface area contributed by atoms with E-state index in [1.165, 1.54) is 12.1 Å². The fourth-order valence-corrected chi connectivity index (χ4v) is 4.76. The number of phenolic OH excluding ortho intramolecular Hbond substituents is 1. The average molecular weight is 440 g/mol. The third-order valence-electron chi connectivity index (χ3n) is 4.32. The summed E-state index contributed by atoms with van der Waals surface area (Å²) in [7, 11) is -7.76. The maximum Gasteiger partial charge on any atom is 0.326 e. The number of amides is 1. The first kappa shape index (κ1) is 20.9. The number of carbonyl (C=O) groups is 1. The molecule has 1 fully saturated rings. The Bertz CT molecular complexity index is 1170. The van der Waals surface area contributed by atoms with Crippen LogP contribution in [0.4, 0.5) is 5.69 Å². The summed E-state index contributed by atoms with van der Waals surface area (Å²) in [5.74, 6) is -0.759. The number of hydrogen-bond donors (Lipinski definition) is 2. The van der Waals surface area contributed by atoms with E-state index in [1.807, 2.05) is 11.6 Å². The second-order valence-corrected chi connectivity index (χ2v) is 9.75. The topological polar surface area (TPSA) is 130 Å². The Kier molecular flexibility index (Phi) is 5.46. The smallest absolute Gasteiger partial charge is 0.326 e. The third kappa shape index (κ3) is 4.62.